The normalized spacial score (nSPS) is 11.1. The van der Waals surface area contributed by atoms with E-state index in [1.54, 1.807) is 13.8 Å². The van der Waals surface area contributed by atoms with Gasteiger partial charge in [-0.15, -0.1) is 0 Å². The molecule has 0 aliphatic carbocycles. The molecule has 0 fully saturated rings. The minimum atomic E-state index is -0.351. The number of nitrogens with one attached hydrogen (secondary N) is 2. The molecule has 142 valence electrons. The lowest BCUT2D eigenvalue weighted by Crippen LogP contribution is -2.28. The summed E-state index contributed by atoms with van der Waals surface area (Å²) < 4.78 is 15.7. The molecular formula is C17H34N2O5. The van der Waals surface area contributed by atoms with E-state index in [9.17, 15) is 9.59 Å². The van der Waals surface area contributed by atoms with Gasteiger partial charge in [0.05, 0.1) is 39.0 Å². The van der Waals surface area contributed by atoms with Crippen LogP contribution < -0.4 is 10.6 Å². The molecule has 1 amide bonds. The van der Waals surface area contributed by atoms with E-state index in [2.05, 4.69) is 24.5 Å². The maximum Gasteiger partial charge on any atom is 0.306 e. The van der Waals surface area contributed by atoms with Crippen LogP contribution in [0, 0.1) is 5.92 Å². The summed E-state index contributed by atoms with van der Waals surface area (Å²) >= 11 is 0. The van der Waals surface area contributed by atoms with Crippen LogP contribution in [0.2, 0.25) is 0 Å². The molecule has 0 atom stereocenters. The summed E-state index contributed by atoms with van der Waals surface area (Å²) in [6, 6.07) is 0. The van der Waals surface area contributed by atoms with Crippen molar-refractivity contribution in [3.05, 3.63) is 0 Å². The van der Waals surface area contributed by atoms with Gasteiger partial charge in [-0.2, -0.15) is 0 Å². The van der Waals surface area contributed by atoms with Gasteiger partial charge in [-0.3, -0.25) is 9.59 Å². The first kappa shape index (κ1) is 22.8. The second-order valence-corrected chi connectivity index (χ2v) is 6.21. The third-order valence-corrected chi connectivity index (χ3v) is 2.84. The number of esters is 1. The van der Waals surface area contributed by atoms with Crippen molar-refractivity contribution in [3.63, 3.8) is 0 Å². The molecule has 0 aromatic carbocycles. The lowest BCUT2D eigenvalue weighted by molar-refractivity contribution is -0.148. The van der Waals surface area contributed by atoms with Crippen LogP contribution in [0.5, 0.6) is 0 Å². The molecule has 0 bridgehead atoms. The molecule has 0 aliphatic rings. The molecule has 0 aliphatic heterocycles. The van der Waals surface area contributed by atoms with Crippen LogP contribution in [0.15, 0.2) is 0 Å². The van der Waals surface area contributed by atoms with E-state index in [-0.39, 0.29) is 30.8 Å². The highest BCUT2D eigenvalue weighted by molar-refractivity contribution is 5.81. The summed E-state index contributed by atoms with van der Waals surface area (Å²) in [5, 5.41) is 5.99. The van der Waals surface area contributed by atoms with Gasteiger partial charge in [0.1, 0.15) is 0 Å². The van der Waals surface area contributed by atoms with Gasteiger partial charge in [0.15, 0.2) is 0 Å². The molecule has 0 unspecified atom stereocenters. The van der Waals surface area contributed by atoms with Gasteiger partial charge in [0.2, 0.25) is 5.91 Å². The Morgan fingerprint density at radius 2 is 1.50 bits per heavy atom. The Kier molecular flexibility index (Phi) is 14.6. The Hall–Kier alpha value is -1.18. The summed E-state index contributed by atoms with van der Waals surface area (Å²) in [6.45, 7) is 12.3. The summed E-state index contributed by atoms with van der Waals surface area (Å²) in [6.07, 6.45) is 0.0869. The SMILES string of the molecule is CC(C)CNCCOCCOCCNC(=O)CCC(=O)OC(C)C. The van der Waals surface area contributed by atoms with Gasteiger partial charge in [-0.05, 0) is 26.3 Å². The molecule has 2 N–H and O–H groups in total. The summed E-state index contributed by atoms with van der Waals surface area (Å²) in [4.78, 5) is 22.8. The number of ether oxygens (including phenoxy) is 3. The van der Waals surface area contributed by atoms with Gasteiger partial charge in [-0.25, -0.2) is 0 Å². The highest BCUT2D eigenvalue weighted by Gasteiger charge is 2.08. The Bertz CT molecular complexity index is 335. The summed E-state index contributed by atoms with van der Waals surface area (Å²) in [5.41, 5.74) is 0. The van der Waals surface area contributed by atoms with E-state index in [0.29, 0.717) is 38.9 Å². The molecule has 0 saturated carbocycles. The number of carbonyl (C=O) groups excluding carboxylic acids is 2. The molecule has 0 rings (SSSR count). The van der Waals surface area contributed by atoms with Crippen LogP contribution in [-0.2, 0) is 23.8 Å². The third kappa shape index (κ3) is 17.2. The van der Waals surface area contributed by atoms with Gasteiger partial charge in [0, 0.05) is 19.5 Å². The van der Waals surface area contributed by atoms with Crippen LogP contribution in [0.1, 0.15) is 40.5 Å². The maximum atomic E-state index is 11.5. The largest absolute Gasteiger partial charge is 0.463 e. The predicted octanol–water partition coefficient (Wildman–Crippen LogP) is 1.11. The molecule has 0 saturated heterocycles. The van der Waals surface area contributed by atoms with E-state index < -0.39 is 0 Å². The highest BCUT2D eigenvalue weighted by atomic mass is 16.5. The fourth-order valence-corrected chi connectivity index (χ4v) is 1.75. The smallest absolute Gasteiger partial charge is 0.306 e. The number of hydrogen-bond donors (Lipinski definition) is 2. The number of carbonyl (C=O) groups is 2. The van der Waals surface area contributed by atoms with E-state index in [1.165, 1.54) is 0 Å². The van der Waals surface area contributed by atoms with Crippen LogP contribution >= 0.6 is 0 Å². The fraction of sp³-hybridized carbons (Fsp3) is 0.882. The average Bonchev–Trinajstić information content (AvgIpc) is 2.49. The Labute approximate surface area is 145 Å². The highest BCUT2D eigenvalue weighted by Crippen LogP contribution is 1.96. The maximum absolute atomic E-state index is 11.5. The minimum Gasteiger partial charge on any atom is -0.463 e. The standard InChI is InChI=1S/C17H34N2O5/c1-14(2)13-18-7-9-22-11-12-23-10-8-19-16(20)5-6-17(21)24-15(3)4/h14-15,18H,5-13H2,1-4H3,(H,19,20). The van der Waals surface area contributed by atoms with Crippen LogP contribution in [0.4, 0.5) is 0 Å². The molecule has 7 nitrogen and oxygen atoms in total. The Morgan fingerprint density at radius 3 is 2.08 bits per heavy atom. The van der Waals surface area contributed by atoms with Crippen molar-refractivity contribution in [1.82, 2.24) is 10.6 Å². The molecule has 7 heteroatoms. The second kappa shape index (κ2) is 15.4. The first-order valence-corrected chi connectivity index (χ1v) is 8.74. The number of rotatable bonds is 15. The third-order valence-electron chi connectivity index (χ3n) is 2.84. The zero-order valence-electron chi connectivity index (χ0n) is 15.6. The molecule has 0 spiro atoms. The summed E-state index contributed by atoms with van der Waals surface area (Å²) in [5.74, 6) is 0.118. The quantitative estimate of drug-likeness (QED) is 0.341. The lowest BCUT2D eigenvalue weighted by Gasteiger charge is -2.09. The van der Waals surface area contributed by atoms with E-state index in [4.69, 9.17) is 14.2 Å². The van der Waals surface area contributed by atoms with Gasteiger partial charge in [0.25, 0.3) is 0 Å². The van der Waals surface area contributed by atoms with Gasteiger partial charge in [-0.1, -0.05) is 13.8 Å². The van der Waals surface area contributed by atoms with Crippen LogP contribution in [0.25, 0.3) is 0 Å². The first-order chi connectivity index (χ1) is 11.4. The molecule has 0 radical (unpaired) electrons. The fourth-order valence-electron chi connectivity index (χ4n) is 1.75. The van der Waals surface area contributed by atoms with Crippen molar-refractivity contribution >= 4 is 11.9 Å². The van der Waals surface area contributed by atoms with E-state index >= 15 is 0 Å². The van der Waals surface area contributed by atoms with Crippen molar-refractivity contribution in [2.24, 2.45) is 5.92 Å². The number of amides is 1. The topological polar surface area (TPSA) is 85.9 Å². The minimum absolute atomic E-state index is 0.101. The predicted molar refractivity (Wildman–Crippen MR) is 92.8 cm³/mol. The molecular weight excluding hydrogens is 312 g/mol. The first-order valence-electron chi connectivity index (χ1n) is 8.74. The Balaban J connectivity index is 3.29. The Morgan fingerprint density at radius 1 is 0.875 bits per heavy atom. The second-order valence-electron chi connectivity index (χ2n) is 6.21. The molecule has 0 aromatic heterocycles. The molecule has 24 heavy (non-hydrogen) atoms. The molecule has 0 heterocycles. The van der Waals surface area contributed by atoms with Gasteiger partial charge < -0.3 is 24.8 Å². The van der Waals surface area contributed by atoms with Crippen LogP contribution in [0.3, 0.4) is 0 Å². The lowest BCUT2D eigenvalue weighted by atomic mass is 10.2. The monoisotopic (exact) mass is 346 g/mol. The van der Waals surface area contributed by atoms with Crippen LogP contribution in [-0.4, -0.2) is 64.0 Å². The average molecular weight is 346 g/mol. The van der Waals surface area contributed by atoms with E-state index in [1.807, 2.05) is 0 Å². The zero-order chi connectivity index (χ0) is 18.2. The number of hydrogen-bond acceptors (Lipinski definition) is 6. The van der Waals surface area contributed by atoms with Crippen molar-refractivity contribution in [2.45, 2.75) is 46.6 Å². The van der Waals surface area contributed by atoms with Crippen molar-refractivity contribution in [3.8, 4) is 0 Å². The zero-order valence-corrected chi connectivity index (χ0v) is 15.6. The molecule has 0 aromatic rings. The van der Waals surface area contributed by atoms with E-state index in [0.717, 1.165) is 13.1 Å². The van der Waals surface area contributed by atoms with Crippen molar-refractivity contribution < 1.29 is 23.8 Å². The van der Waals surface area contributed by atoms with Crippen molar-refractivity contribution in [1.29, 1.82) is 0 Å². The van der Waals surface area contributed by atoms with Crippen molar-refractivity contribution in [2.75, 3.05) is 46.1 Å². The van der Waals surface area contributed by atoms with Gasteiger partial charge >= 0.3 is 5.97 Å². The summed E-state index contributed by atoms with van der Waals surface area (Å²) in [7, 11) is 0.